The van der Waals surface area contributed by atoms with E-state index in [-0.39, 0.29) is 5.91 Å². The second-order valence-corrected chi connectivity index (χ2v) is 5.74. The van der Waals surface area contributed by atoms with Gasteiger partial charge in [-0.3, -0.25) is 4.79 Å². The first-order chi connectivity index (χ1) is 12.8. The van der Waals surface area contributed by atoms with E-state index in [1.807, 2.05) is 60.7 Å². The van der Waals surface area contributed by atoms with Crippen molar-refractivity contribution < 1.29 is 9.53 Å². The number of para-hydroxylation sites is 1. The molecule has 0 aromatic heterocycles. The first-order valence-electron chi connectivity index (χ1n) is 8.29. The van der Waals surface area contributed by atoms with E-state index < -0.39 is 0 Å². The Labute approximate surface area is 152 Å². The van der Waals surface area contributed by atoms with Crippen LogP contribution in [0.3, 0.4) is 0 Å². The number of nitrogens with one attached hydrogen (secondary N) is 1. The van der Waals surface area contributed by atoms with Crippen LogP contribution in [0.25, 0.3) is 0 Å². The number of amides is 1. The zero-order valence-corrected chi connectivity index (χ0v) is 14.2. The first-order valence-corrected chi connectivity index (χ1v) is 8.29. The van der Waals surface area contributed by atoms with E-state index in [1.165, 1.54) is 0 Å². The van der Waals surface area contributed by atoms with Crippen LogP contribution >= 0.6 is 0 Å². The Kier molecular flexibility index (Phi) is 5.64. The van der Waals surface area contributed by atoms with E-state index in [0.29, 0.717) is 24.3 Å². The predicted octanol–water partition coefficient (Wildman–Crippen LogP) is 4.58. The monoisotopic (exact) mass is 342 g/mol. The number of hydrogen-bond acceptors (Lipinski definition) is 3. The fourth-order valence-corrected chi connectivity index (χ4v) is 2.54. The van der Waals surface area contributed by atoms with Crippen LogP contribution in [0.15, 0.2) is 78.9 Å². The standard InChI is InChI=1S/C22H18N2O2/c23-15-14-17-10-12-19(13-11-17)24-22(25)21-9-5-4-6-18(21)16-26-20-7-2-1-3-8-20/h1-13H,14,16H2,(H,24,25). The topological polar surface area (TPSA) is 62.1 Å². The summed E-state index contributed by atoms with van der Waals surface area (Å²) in [5.74, 6) is 0.570. The summed E-state index contributed by atoms with van der Waals surface area (Å²) in [5.41, 5.74) is 3.00. The Hall–Kier alpha value is -3.58. The molecule has 0 atom stereocenters. The van der Waals surface area contributed by atoms with Gasteiger partial charge in [0.2, 0.25) is 0 Å². The van der Waals surface area contributed by atoms with Crippen molar-refractivity contribution in [3.05, 3.63) is 95.6 Å². The van der Waals surface area contributed by atoms with Gasteiger partial charge in [-0.05, 0) is 35.9 Å². The highest BCUT2D eigenvalue weighted by molar-refractivity contribution is 6.05. The normalized spacial score (nSPS) is 9.96. The molecule has 3 aromatic rings. The maximum absolute atomic E-state index is 12.6. The van der Waals surface area contributed by atoms with Crippen LogP contribution in [0.4, 0.5) is 5.69 Å². The van der Waals surface area contributed by atoms with E-state index in [9.17, 15) is 4.79 Å². The van der Waals surface area contributed by atoms with E-state index in [1.54, 1.807) is 18.2 Å². The van der Waals surface area contributed by atoms with Gasteiger partial charge in [-0.15, -0.1) is 0 Å². The highest BCUT2D eigenvalue weighted by Crippen LogP contribution is 2.17. The van der Waals surface area contributed by atoms with E-state index in [2.05, 4.69) is 11.4 Å². The van der Waals surface area contributed by atoms with Crippen molar-refractivity contribution in [3.63, 3.8) is 0 Å². The molecule has 0 aliphatic carbocycles. The van der Waals surface area contributed by atoms with Crippen molar-refractivity contribution in [2.75, 3.05) is 5.32 Å². The number of anilines is 1. The molecule has 0 spiro atoms. The molecule has 0 heterocycles. The van der Waals surface area contributed by atoms with Gasteiger partial charge in [-0.1, -0.05) is 48.5 Å². The first kappa shape index (κ1) is 17.2. The molecular formula is C22H18N2O2. The van der Waals surface area contributed by atoms with Crippen LogP contribution in [0.1, 0.15) is 21.5 Å². The fourth-order valence-electron chi connectivity index (χ4n) is 2.54. The van der Waals surface area contributed by atoms with Gasteiger partial charge in [-0.2, -0.15) is 5.26 Å². The largest absolute Gasteiger partial charge is 0.489 e. The second kappa shape index (κ2) is 8.50. The van der Waals surface area contributed by atoms with Gasteiger partial charge >= 0.3 is 0 Å². The van der Waals surface area contributed by atoms with Crippen molar-refractivity contribution in [1.82, 2.24) is 0 Å². The lowest BCUT2D eigenvalue weighted by Crippen LogP contribution is -2.15. The summed E-state index contributed by atoms with van der Waals surface area (Å²) in [6, 6.07) is 26.3. The summed E-state index contributed by atoms with van der Waals surface area (Å²) >= 11 is 0. The molecule has 3 rings (SSSR count). The Morgan fingerprint density at radius 1 is 0.923 bits per heavy atom. The molecule has 1 amide bonds. The molecule has 0 radical (unpaired) electrons. The molecule has 1 N–H and O–H groups in total. The van der Waals surface area contributed by atoms with Gasteiger partial charge in [-0.25, -0.2) is 0 Å². The summed E-state index contributed by atoms with van der Waals surface area (Å²) in [6.07, 6.45) is 0.355. The molecule has 0 fully saturated rings. The molecule has 0 aliphatic heterocycles. The fraction of sp³-hybridized carbons (Fsp3) is 0.0909. The van der Waals surface area contributed by atoms with Crippen LogP contribution in [0.5, 0.6) is 5.75 Å². The number of carbonyl (C=O) groups excluding carboxylic acids is 1. The molecule has 3 aromatic carbocycles. The molecule has 26 heavy (non-hydrogen) atoms. The maximum Gasteiger partial charge on any atom is 0.256 e. The molecular weight excluding hydrogens is 324 g/mol. The van der Waals surface area contributed by atoms with E-state index >= 15 is 0 Å². The zero-order chi connectivity index (χ0) is 18.2. The van der Waals surface area contributed by atoms with E-state index in [4.69, 9.17) is 10.00 Å². The average Bonchev–Trinajstić information content (AvgIpc) is 2.69. The van der Waals surface area contributed by atoms with Gasteiger partial charge in [0.15, 0.2) is 0 Å². The summed E-state index contributed by atoms with van der Waals surface area (Å²) in [5, 5.41) is 11.6. The minimum absolute atomic E-state index is 0.190. The zero-order valence-electron chi connectivity index (χ0n) is 14.2. The highest BCUT2D eigenvalue weighted by Gasteiger charge is 2.11. The van der Waals surface area contributed by atoms with Crippen molar-refractivity contribution in [1.29, 1.82) is 5.26 Å². The Bertz CT molecular complexity index is 913. The van der Waals surface area contributed by atoms with Gasteiger partial charge in [0.1, 0.15) is 12.4 Å². The summed E-state index contributed by atoms with van der Waals surface area (Å²) < 4.78 is 5.77. The molecule has 4 heteroatoms. The highest BCUT2D eigenvalue weighted by atomic mass is 16.5. The molecule has 128 valence electrons. The van der Waals surface area contributed by atoms with E-state index in [0.717, 1.165) is 16.9 Å². The number of benzene rings is 3. The third-order valence-electron chi connectivity index (χ3n) is 3.89. The Balaban J connectivity index is 1.70. The lowest BCUT2D eigenvalue weighted by Gasteiger charge is -2.12. The second-order valence-electron chi connectivity index (χ2n) is 5.74. The predicted molar refractivity (Wildman–Crippen MR) is 101 cm³/mol. The summed E-state index contributed by atoms with van der Waals surface area (Å²) in [7, 11) is 0. The number of hydrogen-bond donors (Lipinski definition) is 1. The smallest absolute Gasteiger partial charge is 0.256 e. The molecule has 0 saturated carbocycles. The van der Waals surface area contributed by atoms with Crippen LogP contribution in [0.2, 0.25) is 0 Å². The van der Waals surface area contributed by atoms with Crippen molar-refractivity contribution in [2.24, 2.45) is 0 Å². The minimum Gasteiger partial charge on any atom is -0.489 e. The number of nitrogens with zero attached hydrogens (tertiary/aromatic N) is 1. The average molecular weight is 342 g/mol. The molecule has 0 aliphatic rings. The van der Waals surface area contributed by atoms with Gasteiger partial charge in [0.25, 0.3) is 5.91 Å². The molecule has 0 unspecified atom stereocenters. The third-order valence-corrected chi connectivity index (χ3v) is 3.89. The molecule has 0 saturated heterocycles. The third kappa shape index (κ3) is 4.49. The van der Waals surface area contributed by atoms with Crippen LogP contribution in [0, 0.1) is 11.3 Å². The lowest BCUT2D eigenvalue weighted by atomic mass is 10.1. The summed E-state index contributed by atoms with van der Waals surface area (Å²) in [6.45, 7) is 0.314. The Morgan fingerprint density at radius 2 is 1.62 bits per heavy atom. The molecule has 4 nitrogen and oxygen atoms in total. The summed E-state index contributed by atoms with van der Waals surface area (Å²) in [4.78, 5) is 12.6. The number of ether oxygens (including phenoxy) is 1. The van der Waals surface area contributed by atoms with Crippen molar-refractivity contribution in [3.8, 4) is 11.8 Å². The van der Waals surface area contributed by atoms with Crippen molar-refractivity contribution in [2.45, 2.75) is 13.0 Å². The number of rotatable bonds is 6. The van der Waals surface area contributed by atoms with Crippen molar-refractivity contribution >= 4 is 11.6 Å². The quantitative estimate of drug-likeness (QED) is 0.713. The Morgan fingerprint density at radius 3 is 2.35 bits per heavy atom. The van der Waals surface area contributed by atoms with Crippen LogP contribution < -0.4 is 10.1 Å². The lowest BCUT2D eigenvalue weighted by molar-refractivity contribution is 0.102. The van der Waals surface area contributed by atoms with Crippen LogP contribution in [-0.2, 0) is 13.0 Å². The van der Waals surface area contributed by atoms with Gasteiger partial charge in [0, 0.05) is 16.8 Å². The van der Waals surface area contributed by atoms with Crippen LogP contribution in [-0.4, -0.2) is 5.91 Å². The number of nitriles is 1. The minimum atomic E-state index is -0.190. The van der Waals surface area contributed by atoms with Gasteiger partial charge in [0.05, 0.1) is 12.5 Å². The molecule has 0 bridgehead atoms. The maximum atomic E-state index is 12.6. The van der Waals surface area contributed by atoms with Gasteiger partial charge < -0.3 is 10.1 Å². The number of carbonyl (C=O) groups is 1. The SMILES string of the molecule is N#CCc1ccc(NC(=O)c2ccccc2COc2ccccc2)cc1.